The molecule has 2 aromatic rings. The number of aromatic nitrogens is 1. The maximum Gasteiger partial charge on any atom is 0.165 e. The first-order valence-electron chi connectivity index (χ1n) is 6.09. The second-order valence-electron chi connectivity index (χ2n) is 4.32. The van der Waals surface area contributed by atoms with Gasteiger partial charge in [0.15, 0.2) is 11.6 Å². The second-order valence-corrected chi connectivity index (χ2v) is 4.32. The second kappa shape index (κ2) is 5.80. The van der Waals surface area contributed by atoms with Gasteiger partial charge in [0, 0.05) is 6.20 Å². The van der Waals surface area contributed by atoms with Crippen LogP contribution in [-0.2, 0) is 0 Å². The molecule has 3 nitrogen and oxygen atoms in total. The van der Waals surface area contributed by atoms with Gasteiger partial charge in [0.05, 0.1) is 18.8 Å². The first-order chi connectivity index (χ1) is 9.17. The molecule has 0 radical (unpaired) electrons. The summed E-state index contributed by atoms with van der Waals surface area (Å²) in [5.74, 6) is -0.120. The zero-order chi connectivity index (χ0) is 13.8. The maximum atomic E-state index is 13.8. The molecule has 19 heavy (non-hydrogen) atoms. The lowest BCUT2D eigenvalue weighted by Gasteiger charge is -2.18. The molecule has 100 valence electrons. The fourth-order valence-corrected chi connectivity index (χ4v) is 2.12. The third-order valence-electron chi connectivity index (χ3n) is 3.12. The number of rotatable bonds is 4. The van der Waals surface area contributed by atoms with Crippen LogP contribution >= 0.6 is 0 Å². The van der Waals surface area contributed by atoms with Crippen LogP contribution in [0.1, 0.15) is 22.9 Å². The summed E-state index contributed by atoms with van der Waals surface area (Å²) < 4.78 is 18.7. The van der Waals surface area contributed by atoms with Crippen LogP contribution in [0.15, 0.2) is 36.5 Å². The Labute approximate surface area is 112 Å². The van der Waals surface area contributed by atoms with Gasteiger partial charge in [-0.1, -0.05) is 12.1 Å². The Kier molecular flexibility index (Phi) is 4.12. The highest BCUT2D eigenvalue weighted by atomic mass is 19.1. The molecule has 1 aromatic carbocycles. The number of benzene rings is 1. The van der Waals surface area contributed by atoms with E-state index in [0.717, 1.165) is 16.8 Å². The Morgan fingerprint density at radius 3 is 2.68 bits per heavy atom. The van der Waals surface area contributed by atoms with Crippen molar-refractivity contribution < 1.29 is 9.13 Å². The van der Waals surface area contributed by atoms with E-state index in [1.165, 1.54) is 13.2 Å². The fourth-order valence-electron chi connectivity index (χ4n) is 2.12. The molecule has 0 fully saturated rings. The Hall–Kier alpha value is -1.94. The number of halogens is 1. The third kappa shape index (κ3) is 2.74. The fraction of sp³-hybridized carbons (Fsp3) is 0.267. The average molecular weight is 260 g/mol. The molecule has 2 rings (SSSR count). The summed E-state index contributed by atoms with van der Waals surface area (Å²) in [5, 5.41) is 3.17. The standard InChI is InChI=1S/C15H17FN2O/c1-10-5-4-8-18-14(10)15(17-2)11-6-7-13(19-3)12(16)9-11/h4-9,15,17H,1-3H3. The number of hydrogen-bond donors (Lipinski definition) is 1. The van der Waals surface area contributed by atoms with Crippen molar-refractivity contribution in [3.8, 4) is 5.75 Å². The van der Waals surface area contributed by atoms with Crippen molar-refractivity contribution in [3.05, 3.63) is 59.2 Å². The highest BCUT2D eigenvalue weighted by Gasteiger charge is 2.17. The van der Waals surface area contributed by atoms with E-state index in [0.29, 0.717) is 0 Å². The Bertz CT molecular complexity index is 572. The molecule has 4 heteroatoms. The summed E-state index contributed by atoms with van der Waals surface area (Å²) in [7, 11) is 3.29. The number of nitrogens with one attached hydrogen (secondary N) is 1. The van der Waals surface area contributed by atoms with Crippen molar-refractivity contribution in [2.24, 2.45) is 0 Å². The molecule has 1 aromatic heterocycles. The third-order valence-corrected chi connectivity index (χ3v) is 3.12. The van der Waals surface area contributed by atoms with E-state index in [1.54, 1.807) is 12.3 Å². The monoisotopic (exact) mass is 260 g/mol. The summed E-state index contributed by atoms with van der Waals surface area (Å²) in [6.45, 7) is 1.99. The number of hydrogen-bond acceptors (Lipinski definition) is 3. The highest BCUT2D eigenvalue weighted by Crippen LogP contribution is 2.26. The SMILES string of the molecule is CNC(c1ccc(OC)c(F)c1)c1ncccc1C. The van der Waals surface area contributed by atoms with E-state index < -0.39 is 0 Å². The van der Waals surface area contributed by atoms with Gasteiger partial charge in [-0.05, 0) is 43.3 Å². The zero-order valence-corrected chi connectivity index (χ0v) is 11.3. The molecule has 0 aliphatic heterocycles. The lowest BCUT2D eigenvalue weighted by molar-refractivity contribution is 0.386. The van der Waals surface area contributed by atoms with E-state index >= 15 is 0 Å². The minimum absolute atomic E-state index is 0.137. The van der Waals surface area contributed by atoms with Gasteiger partial charge < -0.3 is 10.1 Å². The van der Waals surface area contributed by atoms with Crippen LogP contribution in [0.25, 0.3) is 0 Å². The van der Waals surface area contributed by atoms with Crippen molar-refractivity contribution in [2.75, 3.05) is 14.2 Å². The average Bonchev–Trinajstić information content (AvgIpc) is 2.42. The number of methoxy groups -OCH3 is 1. The van der Waals surface area contributed by atoms with Crippen LogP contribution in [0.4, 0.5) is 4.39 Å². The molecule has 0 aliphatic rings. The normalized spacial score (nSPS) is 12.2. The van der Waals surface area contributed by atoms with Crippen molar-refractivity contribution in [1.82, 2.24) is 10.3 Å². The number of nitrogens with zero attached hydrogens (tertiary/aromatic N) is 1. The minimum atomic E-state index is -0.367. The quantitative estimate of drug-likeness (QED) is 0.918. The van der Waals surface area contributed by atoms with Crippen LogP contribution in [-0.4, -0.2) is 19.1 Å². The van der Waals surface area contributed by atoms with Crippen LogP contribution in [0.5, 0.6) is 5.75 Å². The number of ether oxygens (including phenoxy) is 1. The van der Waals surface area contributed by atoms with E-state index in [9.17, 15) is 4.39 Å². The summed E-state index contributed by atoms with van der Waals surface area (Å²) in [4.78, 5) is 4.38. The van der Waals surface area contributed by atoms with Crippen LogP contribution < -0.4 is 10.1 Å². The van der Waals surface area contributed by atoms with Gasteiger partial charge in [0.2, 0.25) is 0 Å². The molecule has 0 bridgehead atoms. The Morgan fingerprint density at radius 1 is 1.32 bits per heavy atom. The lowest BCUT2D eigenvalue weighted by Crippen LogP contribution is -2.20. The summed E-state index contributed by atoms with van der Waals surface area (Å²) >= 11 is 0. The molecule has 0 aliphatic carbocycles. The predicted molar refractivity (Wildman–Crippen MR) is 72.8 cm³/mol. The van der Waals surface area contributed by atoms with E-state index in [1.807, 2.05) is 32.2 Å². The van der Waals surface area contributed by atoms with Crippen molar-refractivity contribution in [3.63, 3.8) is 0 Å². The molecule has 0 saturated carbocycles. The first kappa shape index (κ1) is 13.5. The van der Waals surface area contributed by atoms with Crippen LogP contribution in [0, 0.1) is 12.7 Å². The van der Waals surface area contributed by atoms with Crippen LogP contribution in [0.2, 0.25) is 0 Å². The van der Waals surface area contributed by atoms with Crippen molar-refractivity contribution in [2.45, 2.75) is 13.0 Å². The summed E-state index contributed by atoms with van der Waals surface area (Å²) in [5.41, 5.74) is 2.79. The largest absolute Gasteiger partial charge is 0.494 e. The molecule has 0 saturated heterocycles. The van der Waals surface area contributed by atoms with Gasteiger partial charge in [-0.25, -0.2) is 4.39 Å². The topological polar surface area (TPSA) is 34.1 Å². The number of aryl methyl sites for hydroxylation is 1. The van der Waals surface area contributed by atoms with E-state index in [4.69, 9.17) is 4.74 Å². The Morgan fingerprint density at radius 2 is 2.11 bits per heavy atom. The summed E-state index contributed by atoms with van der Waals surface area (Å²) in [6.07, 6.45) is 1.74. The smallest absolute Gasteiger partial charge is 0.165 e. The van der Waals surface area contributed by atoms with Crippen LogP contribution in [0.3, 0.4) is 0 Å². The molecule has 1 unspecified atom stereocenters. The zero-order valence-electron chi connectivity index (χ0n) is 11.3. The Balaban J connectivity index is 2.43. The summed E-state index contributed by atoms with van der Waals surface area (Å²) in [6, 6.07) is 8.70. The molecule has 0 amide bonds. The molecule has 1 atom stereocenters. The van der Waals surface area contributed by atoms with E-state index in [2.05, 4.69) is 10.3 Å². The van der Waals surface area contributed by atoms with Gasteiger partial charge in [-0.15, -0.1) is 0 Å². The van der Waals surface area contributed by atoms with Gasteiger partial charge in [-0.2, -0.15) is 0 Å². The van der Waals surface area contributed by atoms with Gasteiger partial charge >= 0.3 is 0 Å². The molecular formula is C15H17FN2O. The first-order valence-corrected chi connectivity index (χ1v) is 6.09. The molecule has 1 N–H and O–H groups in total. The number of pyridine rings is 1. The predicted octanol–water partition coefficient (Wildman–Crippen LogP) is 2.85. The molecule has 0 spiro atoms. The minimum Gasteiger partial charge on any atom is -0.494 e. The maximum absolute atomic E-state index is 13.8. The van der Waals surface area contributed by atoms with Gasteiger partial charge in [-0.3, -0.25) is 4.98 Å². The van der Waals surface area contributed by atoms with Crippen molar-refractivity contribution >= 4 is 0 Å². The van der Waals surface area contributed by atoms with Gasteiger partial charge in [0.1, 0.15) is 0 Å². The molecular weight excluding hydrogens is 243 g/mol. The highest BCUT2D eigenvalue weighted by molar-refractivity contribution is 5.36. The molecule has 1 heterocycles. The van der Waals surface area contributed by atoms with E-state index in [-0.39, 0.29) is 17.6 Å². The van der Waals surface area contributed by atoms with Crippen molar-refractivity contribution in [1.29, 1.82) is 0 Å². The lowest BCUT2D eigenvalue weighted by atomic mass is 10.00. The van der Waals surface area contributed by atoms with Gasteiger partial charge in [0.25, 0.3) is 0 Å².